The van der Waals surface area contributed by atoms with Crippen LogP contribution < -0.4 is 10.5 Å². The fourth-order valence-corrected chi connectivity index (χ4v) is 3.97. The number of hydrogen-bond acceptors (Lipinski definition) is 5. The third-order valence-corrected chi connectivity index (χ3v) is 5.33. The van der Waals surface area contributed by atoms with Gasteiger partial charge in [0, 0.05) is 25.2 Å². The maximum absolute atomic E-state index is 12.8. The van der Waals surface area contributed by atoms with Crippen LogP contribution in [-0.4, -0.2) is 58.0 Å². The second-order valence-electron chi connectivity index (χ2n) is 5.22. The molecule has 2 N–H and O–H groups in total. The summed E-state index contributed by atoms with van der Waals surface area (Å²) in [5, 5.41) is 0. The molecule has 1 unspecified atom stereocenters. The maximum atomic E-state index is 12.8. The van der Waals surface area contributed by atoms with E-state index in [0.717, 1.165) is 0 Å². The third-order valence-electron chi connectivity index (χ3n) is 3.24. The van der Waals surface area contributed by atoms with E-state index in [2.05, 4.69) is 0 Å². The molecule has 1 rings (SSSR count). The van der Waals surface area contributed by atoms with Crippen LogP contribution in [0.4, 0.5) is 5.69 Å². The van der Waals surface area contributed by atoms with Gasteiger partial charge in [-0.3, -0.25) is 0 Å². The van der Waals surface area contributed by atoms with Gasteiger partial charge in [-0.05, 0) is 33.2 Å². The van der Waals surface area contributed by atoms with Gasteiger partial charge in [-0.1, -0.05) is 6.92 Å². The highest BCUT2D eigenvalue weighted by molar-refractivity contribution is 7.89. The molecule has 120 valence electrons. The zero-order chi connectivity index (χ0) is 16.2. The molecule has 7 heteroatoms. The summed E-state index contributed by atoms with van der Waals surface area (Å²) in [4.78, 5) is 2.16. The van der Waals surface area contributed by atoms with Crippen molar-refractivity contribution in [3.05, 3.63) is 18.2 Å². The first-order valence-corrected chi connectivity index (χ1v) is 8.28. The van der Waals surface area contributed by atoms with Crippen molar-refractivity contribution in [2.24, 2.45) is 0 Å². The number of likely N-dealkylation sites (N-methyl/N-ethyl adjacent to an activating group) is 2. The molecular formula is C14H25N3O3S. The van der Waals surface area contributed by atoms with E-state index in [1.54, 1.807) is 6.07 Å². The molecule has 1 atom stereocenters. The number of nitrogen functional groups attached to an aromatic ring is 1. The molecule has 0 aliphatic carbocycles. The number of ether oxygens (including phenoxy) is 1. The molecule has 6 nitrogen and oxygen atoms in total. The molecule has 1 aromatic rings. The smallest absolute Gasteiger partial charge is 0.243 e. The van der Waals surface area contributed by atoms with Crippen molar-refractivity contribution in [1.82, 2.24) is 9.21 Å². The average Bonchev–Trinajstić information content (AvgIpc) is 2.38. The van der Waals surface area contributed by atoms with Crippen molar-refractivity contribution in [1.29, 1.82) is 0 Å². The first-order valence-electron chi connectivity index (χ1n) is 6.84. The summed E-state index contributed by atoms with van der Waals surface area (Å²) in [6.07, 6.45) is 0. The number of nitrogens with zero attached hydrogens (tertiary/aromatic N) is 2. The highest BCUT2D eigenvalue weighted by Crippen LogP contribution is 2.27. The predicted octanol–water partition coefficient (Wildman–Crippen LogP) is 1.24. The first-order chi connectivity index (χ1) is 9.73. The molecule has 0 heterocycles. The second-order valence-corrected chi connectivity index (χ2v) is 7.11. The summed E-state index contributed by atoms with van der Waals surface area (Å²) < 4.78 is 32.1. The van der Waals surface area contributed by atoms with Crippen LogP contribution in [0.1, 0.15) is 13.8 Å². The molecule has 0 saturated carbocycles. The highest BCUT2D eigenvalue weighted by Gasteiger charge is 2.28. The van der Waals surface area contributed by atoms with E-state index in [1.807, 2.05) is 32.8 Å². The number of methoxy groups -OCH3 is 1. The van der Waals surface area contributed by atoms with Gasteiger partial charge in [0.1, 0.15) is 5.75 Å². The number of rotatable bonds is 7. The van der Waals surface area contributed by atoms with Gasteiger partial charge in [-0.2, -0.15) is 4.31 Å². The molecule has 0 spiro atoms. The monoisotopic (exact) mass is 315 g/mol. The Kier molecular flexibility index (Phi) is 6.00. The van der Waals surface area contributed by atoms with Crippen LogP contribution in [0.15, 0.2) is 23.1 Å². The van der Waals surface area contributed by atoms with E-state index < -0.39 is 10.0 Å². The van der Waals surface area contributed by atoms with Crippen molar-refractivity contribution >= 4 is 15.7 Å². The van der Waals surface area contributed by atoms with Crippen molar-refractivity contribution in [3.8, 4) is 5.75 Å². The summed E-state index contributed by atoms with van der Waals surface area (Å²) in [6.45, 7) is 4.79. The molecule has 0 radical (unpaired) electrons. The van der Waals surface area contributed by atoms with Gasteiger partial charge >= 0.3 is 0 Å². The van der Waals surface area contributed by atoms with Gasteiger partial charge < -0.3 is 15.4 Å². The molecule has 0 saturated heterocycles. The number of benzene rings is 1. The fraction of sp³-hybridized carbons (Fsp3) is 0.571. The Labute approximate surface area is 127 Å². The van der Waals surface area contributed by atoms with Crippen LogP contribution in [0, 0.1) is 0 Å². The van der Waals surface area contributed by atoms with Gasteiger partial charge in [-0.15, -0.1) is 0 Å². The Hall–Kier alpha value is -1.31. The zero-order valence-corrected chi connectivity index (χ0v) is 14.1. The van der Waals surface area contributed by atoms with Crippen molar-refractivity contribution in [3.63, 3.8) is 0 Å². The molecular weight excluding hydrogens is 290 g/mol. The van der Waals surface area contributed by atoms with Crippen LogP contribution in [0.3, 0.4) is 0 Å². The molecule has 21 heavy (non-hydrogen) atoms. The standard InChI is InChI=1S/C14H25N3O3S/c1-6-17(11(2)10-16(3)4)21(18,19)12-7-8-13(15)14(9-12)20-5/h7-9,11H,6,10,15H2,1-5H3. The average molecular weight is 315 g/mol. The van der Waals surface area contributed by atoms with E-state index in [-0.39, 0.29) is 10.9 Å². The number of anilines is 1. The largest absolute Gasteiger partial charge is 0.495 e. The van der Waals surface area contributed by atoms with Crippen molar-refractivity contribution in [2.75, 3.05) is 40.0 Å². The topological polar surface area (TPSA) is 75.9 Å². The molecule has 0 bridgehead atoms. The number of sulfonamides is 1. The first kappa shape index (κ1) is 17.7. The maximum Gasteiger partial charge on any atom is 0.243 e. The summed E-state index contributed by atoms with van der Waals surface area (Å²) in [7, 11) is 1.73. The molecule has 0 fully saturated rings. The van der Waals surface area contributed by atoms with Gasteiger partial charge in [0.15, 0.2) is 0 Å². The number of hydrogen-bond donors (Lipinski definition) is 1. The second kappa shape index (κ2) is 7.11. The van der Waals surface area contributed by atoms with Gasteiger partial charge in [0.25, 0.3) is 0 Å². The lowest BCUT2D eigenvalue weighted by atomic mass is 10.3. The van der Waals surface area contributed by atoms with E-state index in [9.17, 15) is 8.42 Å². The summed E-state index contributed by atoms with van der Waals surface area (Å²) in [5.74, 6) is 0.368. The third kappa shape index (κ3) is 4.09. The Morgan fingerprint density at radius 3 is 2.43 bits per heavy atom. The van der Waals surface area contributed by atoms with Crippen molar-refractivity contribution < 1.29 is 13.2 Å². The summed E-state index contributed by atoms with van der Waals surface area (Å²) in [5.41, 5.74) is 6.15. The molecule has 0 amide bonds. The SMILES string of the molecule is CCN(C(C)CN(C)C)S(=O)(=O)c1ccc(N)c(OC)c1. The number of nitrogens with two attached hydrogens (primary N) is 1. The lowest BCUT2D eigenvalue weighted by Crippen LogP contribution is -2.43. The quantitative estimate of drug-likeness (QED) is 0.766. The van der Waals surface area contributed by atoms with Crippen molar-refractivity contribution in [2.45, 2.75) is 24.8 Å². The Balaban J connectivity index is 3.18. The van der Waals surface area contributed by atoms with Gasteiger partial charge in [0.2, 0.25) is 10.0 Å². The van der Waals surface area contributed by atoms with E-state index in [0.29, 0.717) is 24.5 Å². The Morgan fingerprint density at radius 1 is 1.33 bits per heavy atom. The minimum Gasteiger partial charge on any atom is -0.495 e. The Morgan fingerprint density at radius 2 is 1.95 bits per heavy atom. The molecule has 0 aliphatic rings. The van der Waals surface area contributed by atoms with E-state index >= 15 is 0 Å². The minimum atomic E-state index is -3.57. The van der Waals surface area contributed by atoms with Crippen LogP contribution in [0.25, 0.3) is 0 Å². The molecule has 1 aromatic carbocycles. The van der Waals surface area contributed by atoms with E-state index in [1.165, 1.54) is 23.5 Å². The minimum absolute atomic E-state index is 0.126. The fourth-order valence-electron chi connectivity index (χ4n) is 2.33. The molecule has 0 aliphatic heterocycles. The van der Waals surface area contributed by atoms with Crippen LogP contribution in [0.2, 0.25) is 0 Å². The van der Waals surface area contributed by atoms with Gasteiger partial charge in [0.05, 0.1) is 17.7 Å². The molecule has 0 aromatic heterocycles. The Bertz CT molecular complexity index is 573. The zero-order valence-electron chi connectivity index (χ0n) is 13.3. The van der Waals surface area contributed by atoms with E-state index in [4.69, 9.17) is 10.5 Å². The lowest BCUT2D eigenvalue weighted by molar-refractivity contribution is 0.271. The highest BCUT2D eigenvalue weighted by atomic mass is 32.2. The summed E-state index contributed by atoms with van der Waals surface area (Å²) in [6, 6.07) is 4.41. The summed E-state index contributed by atoms with van der Waals surface area (Å²) >= 11 is 0. The normalized spacial score (nSPS) is 13.7. The van der Waals surface area contributed by atoms with Crippen LogP contribution in [0.5, 0.6) is 5.75 Å². The lowest BCUT2D eigenvalue weighted by Gasteiger charge is -2.29. The van der Waals surface area contributed by atoms with Crippen LogP contribution in [-0.2, 0) is 10.0 Å². The van der Waals surface area contributed by atoms with Gasteiger partial charge in [-0.25, -0.2) is 8.42 Å². The predicted molar refractivity (Wildman–Crippen MR) is 85.0 cm³/mol. The van der Waals surface area contributed by atoms with Crippen LogP contribution >= 0.6 is 0 Å².